The molecule has 0 fully saturated rings. The third-order valence-electron chi connectivity index (χ3n) is 4.32. The summed E-state index contributed by atoms with van der Waals surface area (Å²) in [5.74, 6) is 0.534. The first-order valence-corrected chi connectivity index (χ1v) is 9.94. The Bertz CT molecular complexity index is 737. The fraction of sp³-hybridized carbons (Fsp3) is 0.636. The minimum absolute atomic E-state index is 0.107. The number of para-hydroxylation sites is 1. The molecule has 7 heteroatoms. The second-order valence-corrected chi connectivity index (χ2v) is 9.28. The molecule has 0 aromatic heterocycles. The minimum atomic E-state index is -0.599. The van der Waals surface area contributed by atoms with Crippen molar-refractivity contribution in [2.24, 2.45) is 0 Å². The molecule has 1 aromatic carbocycles. The summed E-state index contributed by atoms with van der Waals surface area (Å²) < 4.78 is 17.1. The fourth-order valence-electron chi connectivity index (χ4n) is 3.07. The Balaban J connectivity index is 2.03. The smallest absolute Gasteiger partial charge is 0.326 e. The molecule has 0 radical (unpaired) electrons. The van der Waals surface area contributed by atoms with Gasteiger partial charge in [0.2, 0.25) is 0 Å². The van der Waals surface area contributed by atoms with Crippen molar-refractivity contribution in [1.29, 1.82) is 0 Å². The van der Waals surface area contributed by atoms with Gasteiger partial charge >= 0.3 is 5.97 Å². The predicted molar refractivity (Wildman–Crippen MR) is 111 cm³/mol. The Morgan fingerprint density at radius 2 is 1.86 bits per heavy atom. The second-order valence-electron chi connectivity index (χ2n) is 9.28. The first kappa shape index (κ1) is 23.0. The Morgan fingerprint density at radius 3 is 2.48 bits per heavy atom. The maximum Gasteiger partial charge on any atom is 0.326 e. The number of benzene rings is 1. The lowest BCUT2D eigenvalue weighted by Crippen LogP contribution is -2.43. The number of carbonyl (C=O) groups is 2. The minimum Gasteiger partial charge on any atom is -0.483 e. The molecule has 0 unspecified atom stereocenters. The Morgan fingerprint density at radius 1 is 1.17 bits per heavy atom. The molecule has 7 nitrogen and oxygen atoms in total. The third-order valence-corrected chi connectivity index (χ3v) is 4.32. The number of ether oxygens (including phenoxy) is 3. The summed E-state index contributed by atoms with van der Waals surface area (Å²) in [5.41, 5.74) is 0.178. The number of rotatable bonds is 8. The number of hydrogen-bond donors (Lipinski definition) is 0. The number of amides is 1. The van der Waals surface area contributed by atoms with Crippen molar-refractivity contribution >= 4 is 11.9 Å². The van der Waals surface area contributed by atoms with E-state index in [1.165, 1.54) is 4.90 Å². The molecule has 1 heterocycles. The van der Waals surface area contributed by atoms with Gasteiger partial charge in [-0.05, 0) is 54.8 Å². The summed E-state index contributed by atoms with van der Waals surface area (Å²) in [6, 6.07) is 5.70. The molecule has 0 spiro atoms. The maximum atomic E-state index is 12.8. The van der Waals surface area contributed by atoms with Crippen molar-refractivity contribution in [2.45, 2.75) is 52.2 Å². The van der Waals surface area contributed by atoms with E-state index in [-0.39, 0.29) is 24.7 Å². The van der Waals surface area contributed by atoms with E-state index in [4.69, 9.17) is 14.2 Å². The van der Waals surface area contributed by atoms with Crippen LogP contribution in [0.5, 0.6) is 11.5 Å². The van der Waals surface area contributed by atoms with Crippen LogP contribution in [0.4, 0.5) is 0 Å². The van der Waals surface area contributed by atoms with E-state index in [0.29, 0.717) is 24.6 Å². The van der Waals surface area contributed by atoms with E-state index in [0.717, 1.165) is 12.0 Å². The lowest BCUT2D eigenvalue weighted by atomic mass is 10.0. The van der Waals surface area contributed by atoms with Gasteiger partial charge in [-0.3, -0.25) is 9.59 Å². The molecule has 0 bridgehead atoms. The molecule has 0 aliphatic carbocycles. The summed E-state index contributed by atoms with van der Waals surface area (Å²) in [6.45, 7) is 10.2. The van der Waals surface area contributed by atoms with Gasteiger partial charge in [0.05, 0.1) is 0 Å². The van der Waals surface area contributed by atoms with Gasteiger partial charge in [0.1, 0.15) is 17.7 Å². The number of nitrogens with zero attached hydrogens (tertiary/aromatic N) is 2. The number of carbonyl (C=O) groups excluding carboxylic acids is 2. The summed E-state index contributed by atoms with van der Waals surface area (Å²) in [6.07, 6.45) is 0.793. The van der Waals surface area contributed by atoms with E-state index in [9.17, 15) is 9.59 Å². The van der Waals surface area contributed by atoms with Crippen LogP contribution in [-0.2, 0) is 20.7 Å². The Kier molecular flexibility index (Phi) is 7.16. The first-order valence-electron chi connectivity index (χ1n) is 9.94. The number of esters is 1. The van der Waals surface area contributed by atoms with Crippen molar-refractivity contribution in [2.75, 3.05) is 40.3 Å². The first-order chi connectivity index (χ1) is 13.4. The van der Waals surface area contributed by atoms with Crippen LogP contribution in [-0.4, -0.2) is 73.2 Å². The van der Waals surface area contributed by atoms with E-state index < -0.39 is 11.6 Å². The summed E-state index contributed by atoms with van der Waals surface area (Å²) in [7, 11) is 3.83. The largest absolute Gasteiger partial charge is 0.483 e. The zero-order valence-corrected chi connectivity index (χ0v) is 18.7. The number of hydrogen-bond acceptors (Lipinski definition) is 6. The highest BCUT2D eigenvalue weighted by Gasteiger charge is 2.32. The number of fused-ring (bicyclic) bond motifs is 1. The highest BCUT2D eigenvalue weighted by molar-refractivity contribution is 5.83. The van der Waals surface area contributed by atoms with Gasteiger partial charge in [-0.15, -0.1) is 0 Å². The van der Waals surface area contributed by atoms with Crippen LogP contribution in [0.3, 0.4) is 0 Å². The molecule has 1 aliphatic rings. The van der Waals surface area contributed by atoms with Crippen LogP contribution in [0, 0.1) is 0 Å². The molecule has 0 atom stereocenters. The number of likely N-dealkylation sites (N-methyl/N-ethyl adjacent to an activating group) is 1. The normalized spacial score (nSPS) is 14.9. The highest BCUT2D eigenvalue weighted by atomic mass is 16.6. The van der Waals surface area contributed by atoms with Crippen molar-refractivity contribution in [3.63, 3.8) is 0 Å². The molecule has 0 N–H and O–H groups in total. The molecule has 29 heavy (non-hydrogen) atoms. The fourth-order valence-corrected chi connectivity index (χ4v) is 3.07. The highest BCUT2D eigenvalue weighted by Crippen LogP contribution is 2.41. The molecule has 1 aliphatic heterocycles. The quantitative estimate of drug-likeness (QED) is 0.618. The van der Waals surface area contributed by atoms with Crippen molar-refractivity contribution < 1.29 is 23.8 Å². The Labute approximate surface area is 173 Å². The molecule has 1 aromatic rings. The van der Waals surface area contributed by atoms with Crippen LogP contribution >= 0.6 is 0 Å². The molecule has 0 saturated heterocycles. The van der Waals surface area contributed by atoms with Gasteiger partial charge in [-0.25, -0.2) is 0 Å². The lowest BCUT2D eigenvalue weighted by Gasteiger charge is -2.26. The Hall–Kier alpha value is -2.28. The van der Waals surface area contributed by atoms with Crippen molar-refractivity contribution in [3.8, 4) is 11.5 Å². The van der Waals surface area contributed by atoms with Gasteiger partial charge in [0.15, 0.2) is 18.1 Å². The lowest BCUT2D eigenvalue weighted by molar-refractivity contribution is -0.159. The second kappa shape index (κ2) is 9.03. The predicted octanol–water partition coefficient (Wildman–Crippen LogP) is 2.51. The summed E-state index contributed by atoms with van der Waals surface area (Å²) in [4.78, 5) is 28.4. The topological polar surface area (TPSA) is 68.3 Å². The van der Waals surface area contributed by atoms with Crippen molar-refractivity contribution in [3.05, 3.63) is 23.8 Å². The van der Waals surface area contributed by atoms with Crippen LogP contribution in [0.15, 0.2) is 18.2 Å². The average molecular weight is 407 g/mol. The monoisotopic (exact) mass is 406 g/mol. The van der Waals surface area contributed by atoms with Crippen LogP contribution in [0.2, 0.25) is 0 Å². The molecule has 0 saturated carbocycles. The average Bonchev–Trinajstić information content (AvgIpc) is 2.88. The molecule has 2 rings (SSSR count). The molecular weight excluding hydrogens is 372 g/mol. The van der Waals surface area contributed by atoms with E-state index >= 15 is 0 Å². The van der Waals surface area contributed by atoms with Crippen LogP contribution in [0.25, 0.3) is 0 Å². The van der Waals surface area contributed by atoms with Gasteiger partial charge in [0.25, 0.3) is 5.91 Å². The SMILES string of the molecule is CN(C)CCN(CC(=O)OC(C)(C)C)C(=O)COc1cccc2c1OC(C)(C)C2. The zero-order valence-electron chi connectivity index (χ0n) is 18.7. The summed E-state index contributed by atoms with van der Waals surface area (Å²) in [5, 5.41) is 0. The van der Waals surface area contributed by atoms with Crippen molar-refractivity contribution in [1.82, 2.24) is 9.80 Å². The van der Waals surface area contributed by atoms with E-state index in [1.54, 1.807) is 26.8 Å². The zero-order chi connectivity index (χ0) is 21.8. The summed E-state index contributed by atoms with van der Waals surface area (Å²) >= 11 is 0. The molecule has 1 amide bonds. The maximum absolute atomic E-state index is 12.8. The van der Waals surface area contributed by atoms with Crippen LogP contribution in [0.1, 0.15) is 40.2 Å². The van der Waals surface area contributed by atoms with Gasteiger partial charge in [-0.1, -0.05) is 12.1 Å². The third kappa shape index (κ3) is 7.24. The van der Waals surface area contributed by atoms with Gasteiger partial charge < -0.3 is 24.0 Å². The molecule has 162 valence electrons. The van der Waals surface area contributed by atoms with Crippen LogP contribution < -0.4 is 9.47 Å². The van der Waals surface area contributed by atoms with Gasteiger partial charge in [-0.2, -0.15) is 0 Å². The molecular formula is C22H34N2O5. The van der Waals surface area contributed by atoms with Gasteiger partial charge in [0, 0.05) is 25.1 Å². The van der Waals surface area contributed by atoms with E-state index in [2.05, 4.69) is 0 Å². The van der Waals surface area contributed by atoms with E-state index in [1.807, 2.05) is 45.0 Å². The standard InChI is InChI=1S/C22H34N2O5/c1-21(2,3)28-19(26)14-24(12-11-23(6)7)18(25)15-27-17-10-8-9-16-13-22(4,5)29-20(16)17/h8-10H,11-15H2,1-7H3.